The minimum atomic E-state index is -1.03. The number of amides is 2. The van der Waals surface area contributed by atoms with Crippen molar-refractivity contribution in [3.05, 3.63) is 71.0 Å². The van der Waals surface area contributed by atoms with Crippen LogP contribution in [0.25, 0.3) is 11.6 Å². The molecule has 0 aliphatic carbocycles. The van der Waals surface area contributed by atoms with Gasteiger partial charge in [0.05, 0.1) is 7.11 Å². The normalized spacial score (nSPS) is 11.3. The number of hydrogen-bond donors (Lipinski definition) is 1. The summed E-state index contributed by atoms with van der Waals surface area (Å²) in [6, 6.07) is 8.63. The summed E-state index contributed by atoms with van der Waals surface area (Å²) >= 11 is 0. The highest BCUT2D eigenvalue weighted by Gasteiger charge is 2.13. The summed E-state index contributed by atoms with van der Waals surface area (Å²) < 4.78 is 40.0. The van der Waals surface area contributed by atoms with Gasteiger partial charge in [-0.25, -0.2) is 18.2 Å². The van der Waals surface area contributed by atoms with E-state index in [1.54, 1.807) is 7.05 Å². The first-order valence-electron chi connectivity index (χ1n) is 9.83. The molecule has 0 saturated carbocycles. The first kappa shape index (κ1) is 24.1. The molecule has 5 nitrogen and oxygen atoms in total. The summed E-state index contributed by atoms with van der Waals surface area (Å²) in [7, 11) is 2.96. The molecule has 31 heavy (non-hydrogen) atoms. The van der Waals surface area contributed by atoms with Crippen LogP contribution >= 0.6 is 0 Å². The number of unbranched alkanes of at least 4 members (excludes halogenated alkanes) is 2. The van der Waals surface area contributed by atoms with Gasteiger partial charge in [0.25, 0.3) is 5.91 Å². The molecular weight excluding hydrogens is 409 g/mol. The molecule has 0 atom stereocenters. The fourth-order valence-corrected chi connectivity index (χ4v) is 2.81. The van der Waals surface area contributed by atoms with Crippen LogP contribution in [0.2, 0.25) is 0 Å². The van der Waals surface area contributed by atoms with Gasteiger partial charge < -0.3 is 5.32 Å². The zero-order valence-corrected chi connectivity index (χ0v) is 17.5. The standard InChI is InChI=1S/C23H25F3N2O3/c1-28(31-2)22(29)6-4-3-5-13-27-23(30)19(17-8-10-18(24)11-9-17)14-16-7-12-20(25)21(26)15-16/h7-12,14-15H,3-6,13H2,1-2H3,(H,27,30)/b19-14-. The molecular formula is C23H25F3N2O3. The Morgan fingerprint density at radius 1 is 1.00 bits per heavy atom. The molecule has 166 valence electrons. The van der Waals surface area contributed by atoms with Gasteiger partial charge >= 0.3 is 0 Å². The average molecular weight is 434 g/mol. The highest BCUT2D eigenvalue weighted by Crippen LogP contribution is 2.20. The molecule has 0 unspecified atom stereocenters. The second-order valence-electron chi connectivity index (χ2n) is 6.88. The van der Waals surface area contributed by atoms with Crippen LogP contribution in [0.15, 0.2) is 42.5 Å². The van der Waals surface area contributed by atoms with Gasteiger partial charge in [-0.3, -0.25) is 14.4 Å². The quantitative estimate of drug-likeness (QED) is 0.262. The van der Waals surface area contributed by atoms with Crippen molar-refractivity contribution in [2.45, 2.75) is 25.7 Å². The van der Waals surface area contributed by atoms with Crippen LogP contribution in [-0.4, -0.2) is 37.6 Å². The molecule has 2 rings (SSSR count). The van der Waals surface area contributed by atoms with Crippen molar-refractivity contribution in [3.8, 4) is 0 Å². The maximum Gasteiger partial charge on any atom is 0.251 e. The van der Waals surface area contributed by atoms with Gasteiger partial charge in [-0.15, -0.1) is 0 Å². The Morgan fingerprint density at radius 2 is 1.71 bits per heavy atom. The van der Waals surface area contributed by atoms with Crippen molar-refractivity contribution in [2.75, 3.05) is 20.7 Å². The largest absolute Gasteiger partial charge is 0.352 e. The Hall–Kier alpha value is -3.13. The molecule has 0 heterocycles. The first-order chi connectivity index (χ1) is 14.8. The van der Waals surface area contributed by atoms with Gasteiger partial charge in [0, 0.05) is 25.6 Å². The Labute approximate surface area is 179 Å². The Bertz CT molecular complexity index is 930. The third kappa shape index (κ3) is 7.57. The summed E-state index contributed by atoms with van der Waals surface area (Å²) in [5.74, 6) is -3.02. The lowest BCUT2D eigenvalue weighted by Gasteiger charge is -2.13. The molecule has 8 heteroatoms. The summed E-state index contributed by atoms with van der Waals surface area (Å²) in [5.41, 5.74) is 0.939. The van der Waals surface area contributed by atoms with Gasteiger partial charge in [0.1, 0.15) is 5.82 Å². The van der Waals surface area contributed by atoms with Gasteiger partial charge in [0.2, 0.25) is 5.91 Å². The van der Waals surface area contributed by atoms with E-state index in [1.807, 2.05) is 0 Å². The van der Waals surface area contributed by atoms with Crippen molar-refractivity contribution in [1.82, 2.24) is 10.4 Å². The van der Waals surface area contributed by atoms with Gasteiger partial charge in [-0.05, 0) is 54.3 Å². The van der Waals surface area contributed by atoms with Crippen molar-refractivity contribution < 1.29 is 27.6 Å². The third-order valence-electron chi connectivity index (χ3n) is 4.63. The second kappa shape index (κ2) is 11.9. The Kier molecular flexibility index (Phi) is 9.27. The summed E-state index contributed by atoms with van der Waals surface area (Å²) in [5, 5.41) is 3.94. The molecule has 0 fully saturated rings. The van der Waals surface area contributed by atoms with Crippen molar-refractivity contribution in [3.63, 3.8) is 0 Å². The second-order valence-corrected chi connectivity index (χ2v) is 6.88. The third-order valence-corrected chi connectivity index (χ3v) is 4.63. The molecule has 0 saturated heterocycles. The highest BCUT2D eigenvalue weighted by atomic mass is 19.2. The zero-order valence-electron chi connectivity index (χ0n) is 17.5. The molecule has 0 spiro atoms. The molecule has 0 bridgehead atoms. The van der Waals surface area contributed by atoms with Crippen molar-refractivity contribution >= 4 is 23.5 Å². The predicted octanol–water partition coefficient (Wildman–Crippen LogP) is 4.34. The number of hydrogen-bond acceptors (Lipinski definition) is 3. The van der Waals surface area contributed by atoms with Gasteiger partial charge in [-0.1, -0.05) is 24.6 Å². The minimum Gasteiger partial charge on any atom is -0.352 e. The molecule has 1 N–H and O–H groups in total. The lowest BCUT2D eigenvalue weighted by molar-refractivity contribution is -0.168. The van der Waals surface area contributed by atoms with Crippen LogP contribution in [0, 0.1) is 17.5 Å². The maximum atomic E-state index is 13.5. The van der Waals surface area contributed by atoms with Crippen LogP contribution < -0.4 is 5.32 Å². The van der Waals surface area contributed by atoms with E-state index in [0.717, 1.165) is 18.6 Å². The van der Waals surface area contributed by atoms with E-state index in [1.165, 1.54) is 48.6 Å². The first-order valence-corrected chi connectivity index (χ1v) is 9.83. The van der Waals surface area contributed by atoms with E-state index in [2.05, 4.69) is 5.32 Å². The van der Waals surface area contributed by atoms with Crippen LogP contribution in [0.4, 0.5) is 13.2 Å². The van der Waals surface area contributed by atoms with Crippen molar-refractivity contribution in [1.29, 1.82) is 0 Å². The van der Waals surface area contributed by atoms with Crippen LogP contribution in [0.3, 0.4) is 0 Å². The SMILES string of the molecule is CON(C)C(=O)CCCCCNC(=O)/C(=C\c1ccc(F)c(F)c1)c1ccc(F)cc1. The van der Waals surface area contributed by atoms with Crippen LogP contribution in [-0.2, 0) is 14.4 Å². The average Bonchev–Trinajstić information content (AvgIpc) is 2.76. The number of nitrogens with zero attached hydrogens (tertiary/aromatic N) is 1. The highest BCUT2D eigenvalue weighted by molar-refractivity contribution is 6.24. The topological polar surface area (TPSA) is 58.6 Å². The number of hydroxylamine groups is 2. The van der Waals surface area contributed by atoms with Gasteiger partial charge in [0.15, 0.2) is 11.6 Å². The zero-order chi connectivity index (χ0) is 22.8. The Balaban J connectivity index is 2.01. The van der Waals surface area contributed by atoms with E-state index < -0.39 is 23.4 Å². The van der Waals surface area contributed by atoms with E-state index in [4.69, 9.17) is 4.84 Å². The number of nitrogens with one attached hydrogen (secondary N) is 1. The van der Waals surface area contributed by atoms with E-state index >= 15 is 0 Å². The van der Waals surface area contributed by atoms with Gasteiger partial charge in [-0.2, -0.15) is 0 Å². The fraction of sp³-hybridized carbons (Fsp3) is 0.304. The molecule has 0 aliphatic rings. The number of halogens is 3. The molecule has 2 aromatic rings. The predicted molar refractivity (Wildman–Crippen MR) is 112 cm³/mol. The Morgan fingerprint density at radius 3 is 2.35 bits per heavy atom. The number of rotatable bonds is 10. The summed E-state index contributed by atoms with van der Waals surface area (Å²) in [4.78, 5) is 29.2. The maximum absolute atomic E-state index is 13.5. The number of benzene rings is 2. The lowest BCUT2D eigenvalue weighted by Crippen LogP contribution is -2.26. The van der Waals surface area contributed by atoms with E-state index in [-0.39, 0.29) is 11.5 Å². The summed E-state index contributed by atoms with van der Waals surface area (Å²) in [6.45, 7) is 0.365. The number of carbonyl (C=O) groups excluding carboxylic acids is 2. The van der Waals surface area contributed by atoms with E-state index in [9.17, 15) is 22.8 Å². The fourth-order valence-electron chi connectivity index (χ4n) is 2.81. The smallest absolute Gasteiger partial charge is 0.251 e. The van der Waals surface area contributed by atoms with Crippen LogP contribution in [0.5, 0.6) is 0 Å². The minimum absolute atomic E-state index is 0.125. The molecule has 0 aliphatic heterocycles. The lowest BCUT2D eigenvalue weighted by atomic mass is 10.0. The van der Waals surface area contributed by atoms with Crippen LogP contribution in [0.1, 0.15) is 36.8 Å². The molecule has 0 aromatic heterocycles. The van der Waals surface area contributed by atoms with Crippen molar-refractivity contribution in [2.24, 2.45) is 0 Å². The molecule has 0 radical (unpaired) electrons. The monoisotopic (exact) mass is 434 g/mol. The molecule has 2 aromatic carbocycles. The molecule has 2 amide bonds. The van der Waals surface area contributed by atoms with E-state index in [0.29, 0.717) is 36.9 Å². The number of carbonyl (C=O) groups is 2. The summed E-state index contributed by atoms with van der Waals surface area (Å²) in [6.07, 6.45) is 3.79.